The van der Waals surface area contributed by atoms with Gasteiger partial charge >= 0.3 is 0 Å². The third-order valence-electron chi connectivity index (χ3n) is 19.8. The number of nitrogens with zero attached hydrogens (tertiary/aromatic N) is 8. The lowest BCUT2D eigenvalue weighted by molar-refractivity contribution is -0.117. The molecule has 0 bridgehead atoms. The standard InChI is InChI=1S/C24H28N4O.C21H22N4O.C19H19N5O2.C19H18N4O/c1-4-15(3)28-21-11-10-17(13-19(21)23(27-28)16-8-9-16)18-6-5-7-20-24(18)25-14(2)12-22(29)26-20;1-14-11-20(26)24-19-10-6-9-18(21(19)23-14)17-12-22-25(13-17)15(2)16-7-4-3-5-8-16;1-10-8-16(25)22-14-5-3-4-12(17(14)21-10)11-6-7-15-13(9-11)18(19(20)26)23-24(15)2;1-13-10-18(24)22-17-9-5-8-16(19(17)21-13)14-11-20-23(12-14)15-6-3-2-4-7-15/h5-7,10-11,13-16,25H,4,8-9,12H2,1-3H3,(H,26,29);3-10,12-15,23H,11H2,1-2H3,(H,24,26);3-7,9-10,21H,8H2,1-2H3,(H2,20,26)(H,22,25);2-9,11-13,21H,10H2,1H3,(H,22,24)/t14-,15+;14-,15-;10-;13-/m1111/s1. The van der Waals surface area contributed by atoms with Gasteiger partial charge in [-0.2, -0.15) is 20.4 Å². The summed E-state index contributed by atoms with van der Waals surface area (Å²) in [6, 6.07) is 57.4. The number of aromatic nitrogens is 8. The number of nitrogens with two attached hydrogens (primary N) is 1. The molecule has 4 aliphatic heterocycles. The van der Waals surface area contributed by atoms with Gasteiger partial charge in [-0.3, -0.25) is 38.0 Å². The number of nitrogens with one attached hydrogen (secondary N) is 8. The van der Waals surface area contributed by atoms with Crippen LogP contribution in [0.5, 0.6) is 0 Å². The first-order valence-corrected chi connectivity index (χ1v) is 36.1. The Balaban J connectivity index is 0.000000118. The molecule has 5 aliphatic rings. The second kappa shape index (κ2) is 29.9. The molecule has 0 spiro atoms. The van der Waals surface area contributed by atoms with Crippen LogP contribution in [-0.4, -0.2) is 92.8 Å². The summed E-state index contributed by atoms with van der Waals surface area (Å²) in [7, 11) is 1.78. The SMILES string of the molecule is CC[C@H](C)n1nc(C2CC2)c2cc(-c3cccc4c3N[C@H](C)CC(=O)N4)ccc21.C[C@@H]1CC(=O)Nc2cccc(-c3ccc4c(c3)c(C(N)=O)nn4C)c2N1.C[C@@H]1CC(=O)Nc2cccc(-c3cnn(-c4ccccc4)c3)c2N1.C[C@@H]1CC(=O)Nc2cccc(-c3cnn([C@H](C)c4ccccc4)c3)c2N1. The zero-order valence-corrected chi connectivity index (χ0v) is 60.2. The zero-order valence-electron chi connectivity index (χ0n) is 60.2. The number of aryl methyl sites for hydroxylation is 1. The van der Waals surface area contributed by atoms with E-state index in [1.54, 1.807) is 11.7 Å². The average molecular weight is 1400 g/mol. The number of fused-ring (bicyclic) bond motifs is 6. The fraction of sp³-hybridized carbons (Fsp3) is 0.265. The number of benzene rings is 8. The number of hydrogen-bond donors (Lipinski definition) is 9. The van der Waals surface area contributed by atoms with E-state index in [4.69, 9.17) is 10.8 Å². The number of para-hydroxylation sites is 5. The van der Waals surface area contributed by atoms with E-state index in [2.05, 4.69) is 139 Å². The van der Waals surface area contributed by atoms with Crippen molar-refractivity contribution in [2.45, 2.75) is 136 Å². The highest BCUT2D eigenvalue weighted by Gasteiger charge is 2.31. The second-order valence-corrected chi connectivity index (χ2v) is 28.1. The first-order valence-electron chi connectivity index (χ1n) is 36.1. The fourth-order valence-corrected chi connectivity index (χ4v) is 14.2. The van der Waals surface area contributed by atoms with Crippen molar-refractivity contribution in [1.82, 2.24) is 39.1 Å². The molecule has 534 valence electrons. The van der Waals surface area contributed by atoms with Crippen LogP contribution in [0.4, 0.5) is 45.5 Å². The molecule has 4 aromatic heterocycles. The molecule has 22 nitrogen and oxygen atoms in total. The van der Waals surface area contributed by atoms with Gasteiger partial charge in [0.25, 0.3) is 5.91 Å². The van der Waals surface area contributed by atoms with Gasteiger partial charge in [0, 0.05) is 125 Å². The van der Waals surface area contributed by atoms with Crippen LogP contribution < -0.4 is 48.3 Å². The highest BCUT2D eigenvalue weighted by Crippen LogP contribution is 2.46. The molecule has 6 atom stereocenters. The van der Waals surface area contributed by atoms with Crippen molar-refractivity contribution in [2.24, 2.45) is 12.8 Å². The van der Waals surface area contributed by atoms with E-state index in [0.717, 1.165) is 108 Å². The van der Waals surface area contributed by atoms with E-state index in [1.807, 2.05) is 176 Å². The number of amides is 5. The number of hydrogen-bond acceptors (Lipinski definition) is 13. The molecule has 1 fully saturated rings. The van der Waals surface area contributed by atoms with Gasteiger partial charge in [-0.15, -0.1) is 0 Å². The molecule has 0 unspecified atom stereocenters. The molecule has 22 heteroatoms. The highest BCUT2D eigenvalue weighted by molar-refractivity contribution is 6.07. The Morgan fingerprint density at radius 3 is 1.38 bits per heavy atom. The minimum atomic E-state index is -0.557. The monoisotopic (exact) mass is 1400 g/mol. The van der Waals surface area contributed by atoms with Crippen LogP contribution in [0.1, 0.15) is 133 Å². The Morgan fingerprint density at radius 2 is 0.924 bits per heavy atom. The van der Waals surface area contributed by atoms with Gasteiger partial charge in [0.05, 0.1) is 86.3 Å². The molecule has 1 aliphatic carbocycles. The topological polar surface area (TPSA) is 279 Å². The first-order chi connectivity index (χ1) is 50.8. The second-order valence-electron chi connectivity index (χ2n) is 28.1. The summed E-state index contributed by atoms with van der Waals surface area (Å²) < 4.78 is 7.68. The minimum Gasteiger partial charge on any atom is -0.380 e. The van der Waals surface area contributed by atoms with Crippen LogP contribution in [0.3, 0.4) is 0 Å². The van der Waals surface area contributed by atoms with Gasteiger partial charge in [-0.1, -0.05) is 116 Å². The number of rotatable bonds is 11. The highest BCUT2D eigenvalue weighted by atomic mass is 16.2. The summed E-state index contributed by atoms with van der Waals surface area (Å²) in [5.74, 6) is 0.157. The lowest BCUT2D eigenvalue weighted by Crippen LogP contribution is -2.19. The molecular formula is C83H87N17O5. The number of primary amides is 1. The van der Waals surface area contributed by atoms with E-state index < -0.39 is 5.91 Å². The Kier molecular flexibility index (Phi) is 19.9. The number of carbonyl (C=O) groups excluding carboxylic acids is 5. The van der Waals surface area contributed by atoms with Crippen LogP contribution >= 0.6 is 0 Å². The van der Waals surface area contributed by atoms with Crippen molar-refractivity contribution in [3.8, 4) is 50.2 Å². The molecule has 8 heterocycles. The van der Waals surface area contributed by atoms with Crippen molar-refractivity contribution < 1.29 is 24.0 Å². The normalized spacial score (nSPS) is 17.8. The third kappa shape index (κ3) is 15.1. The van der Waals surface area contributed by atoms with Gasteiger partial charge in [-0.05, 0) is 138 Å². The Morgan fingerprint density at radius 1 is 0.495 bits per heavy atom. The summed E-state index contributed by atoms with van der Waals surface area (Å²) in [5, 5.41) is 46.1. The number of carbonyl (C=O) groups is 5. The molecule has 12 aromatic rings. The molecular weight excluding hydrogens is 1320 g/mol. The summed E-state index contributed by atoms with van der Waals surface area (Å²) in [6.45, 7) is 14.6. The summed E-state index contributed by atoms with van der Waals surface area (Å²) in [4.78, 5) is 59.8. The van der Waals surface area contributed by atoms with Crippen molar-refractivity contribution >= 4 is 96.8 Å². The predicted molar refractivity (Wildman–Crippen MR) is 419 cm³/mol. The van der Waals surface area contributed by atoms with E-state index in [0.29, 0.717) is 43.0 Å². The van der Waals surface area contributed by atoms with Crippen LogP contribution in [-0.2, 0) is 26.2 Å². The predicted octanol–water partition coefficient (Wildman–Crippen LogP) is 16.2. The Hall–Kier alpha value is -12.3. The van der Waals surface area contributed by atoms with Crippen molar-refractivity contribution in [3.63, 3.8) is 0 Å². The quantitative estimate of drug-likeness (QED) is 0.0583. The van der Waals surface area contributed by atoms with Crippen LogP contribution in [0, 0.1) is 0 Å². The van der Waals surface area contributed by atoms with Gasteiger partial charge in [0.15, 0.2) is 5.69 Å². The lowest BCUT2D eigenvalue weighted by Gasteiger charge is -2.17. The summed E-state index contributed by atoms with van der Waals surface area (Å²) in [5.41, 5.74) is 26.5. The summed E-state index contributed by atoms with van der Waals surface area (Å²) in [6.07, 6.45) is 13.1. The maximum absolute atomic E-state index is 12.1. The van der Waals surface area contributed by atoms with Crippen molar-refractivity contribution in [2.75, 3.05) is 42.5 Å². The molecule has 0 radical (unpaired) electrons. The molecule has 8 aromatic carbocycles. The van der Waals surface area contributed by atoms with Gasteiger partial charge in [-0.25, -0.2) is 4.68 Å². The minimum absolute atomic E-state index is 0.0142. The van der Waals surface area contributed by atoms with E-state index in [-0.39, 0.29) is 59.5 Å². The third-order valence-corrected chi connectivity index (χ3v) is 19.8. The molecule has 105 heavy (non-hydrogen) atoms. The summed E-state index contributed by atoms with van der Waals surface area (Å²) >= 11 is 0. The van der Waals surface area contributed by atoms with Crippen LogP contribution in [0.2, 0.25) is 0 Å². The van der Waals surface area contributed by atoms with Crippen LogP contribution in [0.25, 0.3) is 72.0 Å². The van der Waals surface area contributed by atoms with Gasteiger partial charge in [0.2, 0.25) is 23.6 Å². The largest absolute Gasteiger partial charge is 0.380 e. The maximum atomic E-state index is 12.1. The Bertz CT molecular complexity index is 5260. The maximum Gasteiger partial charge on any atom is 0.269 e. The zero-order chi connectivity index (χ0) is 73.2. The van der Waals surface area contributed by atoms with Crippen LogP contribution in [0.15, 0.2) is 195 Å². The smallest absolute Gasteiger partial charge is 0.269 e. The number of anilines is 8. The van der Waals surface area contributed by atoms with E-state index in [9.17, 15) is 24.0 Å². The Labute approximate surface area is 609 Å². The van der Waals surface area contributed by atoms with E-state index in [1.165, 1.54) is 35.0 Å². The van der Waals surface area contributed by atoms with Gasteiger partial charge in [0.1, 0.15) is 0 Å². The molecule has 10 N–H and O–H groups in total. The first kappa shape index (κ1) is 69.7. The molecule has 0 saturated heterocycles. The average Bonchev–Trinajstić information content (AvgIpc) is 1.63. The molecule has 1 saturated carbocycles. The fourth-order valence-electron chi connectivity index (χ4n) is 14.2. The van der Waals surface area contributed by atoms with Crippen molar-refractivity contribution in [3.05, 3.63) is 212 Å². The van der Waals surface area contributed by atoms with Crippen molar-refractivity contribution in [1.29, 1.82) is 0 Å². The lowest BCUT2D eigenvalue weighted by atomic mass is 9.99. The molecule has 5 amide bonds. The van der Waals surface area contributed by atoms with E-state index >= 15 is 0 Å². The molecule has 17 rings (SSSR count). The van der Waals surface area contributed by atoms with Gasteiger partial charge < -0.3 is 48.3 Å².